The summed E-state index contributed by atoms with van der Waals surface area (Å²) in [5, 5.41) is 22.8. The number of hydrogen-bond donors (Lipinski definition) is 1. The molecular formula is C14H7Cl4O3-. The first-order chi connectivity index (χ1) is 9.76. The van der Waals surface area contributed by atoms with Crippen LogP contribution in [0.4, 0.5) is 0 Å². The van der Waals surface area contributed by atoms with Crippen LogP contribution in [0.15, 0.2) is 36.4 Å². The van der Waals surface area contributed by atoms with Gasteiger partial charge in [0.1, 0.15) is 0 Å². The van der Waals surface area contributed by atoms with Crippen molar-refractivity contribution in [1.82, 2.24) is 0 Å². The molecule has 0 atom stereocenters. The molecule has 0 amide bonds. The number of rotatable bonds is 3. The molecule has 0 bridgehead atoms. The predicted molar refractivity (Wildman–Crippen MR) is 80.9 cm³/mol. The fourth-order valence-corrected chi connectivity index (χ4v) is 2.44. The summed E-state index contributed by atoms with van der Waals surface area (Å²) in [6, 6.07) is 7.94. The Morgan fingerprint density at radius 3 is 1.52 bits per heavy atom. The van der Waals surface area contributed by atoms with Crippen molar-refractivity contribution >= 4 is 52.4 Å². The van der Waals surface area contributed by atoms with Crippen LogP contribution in [0.5, 0.6) is 0 Å². The number of aliphatic hydroxyl groups is 1. The number of halogens is 4. The molecule has 0 saturated heterocycles. The third kappa shape index (κ3) is 2.98. The highest BCUT2D eigenvalue weighted by Crippen LogP contribution is 2.35. The summed E-state index contributed by atoms with van der Waals surface area (Å²) < 4.78 is 0. The molecule has 21 heavy (non-hydrogen) atoms. The highest BCUT2D eigenvalue weighted by molar-refractivity contribution is 6.42. The largest absolute Gasteiger partial charge is 0.546 e. The van der Waals surface area contributed by atoms with E-state index in [0.29, 0.717) is 0 Å². The van der Waals surface area contributed by atoms with Crippen molar-refractivity contribution in [1.29, 1.82) is 0 Å². The molecule has 0 radical (unpaired) electrons. The third-order valence-corrected chi connectivity index (χ3v) is 4.45. The molecule has 2 aromatic carbocycles. The number of carbonyl (C=O) groups excluding carboxylic acids is 1. The van der Waals surface area contributed by atoms with Gasteiger partial charge in [-0.05, 0) is 35.4 Å². The maximum Gasteiger partial charge on any atom is 0.154 e. The minimum absolute atomic E-state index is 0.00436. The number of benzene rings is 2. The minimum Gasteiger partial charge on any atom is -0.546 e. The van der Waals surface area contributed by atoms with Crippen LogP contribution >= 0.6 is 46.4 Å². The lowest BCUT2D eigenvalue weighted by Gasteiger charge is -2.30. The van der Waals surface area contributed by atoms with Gasteiger partial charge in [-0.25, -0.2) is 0 Å². The molecule has 3 nitrogen and oxygen atoms in total. The smallest absolute Gasteiger partial charge is 0.154 e. The van der Waals surface area contributed by atoms with E-state index in [1.54, 1.807) is 0 Å². The van der Waals surface area contributed by atoms with Crippen molar-refractivity contribution in [2.24, 2.45) is 0 Å². The van der Waals surface area contributed by atoms with Gasteiger partial charge in [-0.15, -0.1) is 0 Å². The Bertz CT molecular complexity index is 664. The first-order valence-electron chi connectivity index (χ1n) is 5.61. The van der Waals surface area contributed by atoms with Crippen molar-refractivity contribution in [3.8, 4) is 0 Å². The lowest BCUT2D eigenvalue weighted by molar-refractivity contribution is -0.322. The van der Waals surface area contributed by atoms with E-state index < -0.39 is 11.6 Å². The van der Waals surface area contributed by atoms with Crippen LogP contribution in [-0.2, 0) is 10.4 Å². The van der Waals surface area contributed by atoms with Gasteiger partial charge in [0.2, 0.25) is 0 Å². The zero-order valence-corrected chi connectivity index (χ0v) is 13.3. The van der Waals surface area contributed by atoms with Crippen LogP contribution in [0.2, 0.25) is 20.1 Å². The van der Waals surface area contributed by atoms with Crippen LogP contribution in [0, 0.1) is 0 Å². The zero-order chi connectivity index (χ0) is 15.8. The Labute approximate surface area is 140 Å². The topological polar surface area (TPSA) is 60.4 Å². The van der Waals surface area contributed by atoms with Crippen LogP contribution in [0.3, 0.4) is 0 Å². The monoisotopic (exact) mass is 363 g/mol. The fraction of sp³-hybridized carbons (Fsp3) is 0.0714. The van der Waals surface area contributed by atoms with E-state index in [2.05, 4.69) is 0 Å². The van der Waals surface area contributed by atoms with Crippen LogP contribution in [-0.4, -0.2) is 11.1 Å². The molecular weight excluding hydrogens is 358 g/mol. The van der Waals surface area contributed by atoms with Gasteiger partial charge in [0, 0.05) is 0 Å². The molecule has 0 spiro atoms. The highest BCUT2D eigenvalue weighted by Gasteiger charge is 2.34. The number of aliphatic carboxylic acids is 1. The fourth-order valence-electron chi connectivity index (χ4n) is 1.84. The molecule has 0 saturated carbocycles. The molecule has 7 heteroatoms. The number of hydrogen-bond acceptors (Lipinski definition) is 3. The predicted octanol–water partition coefficient (Wildman–Crippen LogP) is 3.29. The second kappa shape index (κ2) is 6.03. The normalized spacial score (nSPS) is 11.5. The Morgan fingerprint density at radius 1 is 0.857 bits per heavy atom. The maximum atomic E-state index is 11.5. The highest BCUT2D eigenvalue weighted by atomic mass is 35.5. The van der Waals surface area contributed by atoms with Crippen LogP contribution in [0.1, 0.15) is 11.1 Å². The molecule has 2 rings (SSSR count). The van der Waals surface area contributed by atoms with E-state index in [1.807, 2.05) is 0 Å². The van der Waals surface area contributed by atoms with E-state index in [-0.39, 0.29) is 31.2 Å². The maximum absolute atomic E-state index is 11.5. The second-order valence-corrected chi connectivity index (χ2v) is 5.88. The Morgan fingerprint density at radius 2 is 1.24 bits per heavy atom. The standard InChI is InChI=1S/C14H8Cl4O3/c15-9-3-1-7(5-11(9)17)14(21,13(19)20)8-2-4-10(16)12(18)6-8/h1-6,21H,(H,19,20)/p-1. The summed E-state index contributed by atoms with van der Waals surface area (Å²) in [5.74, 6) is -1.72. The molecule has 0 aromatic heterocycles. The van der Waals surface area contributed by atoms with E-state index in [4.69, 9.17) is 46.4 Å². The van der Waals surface area contributed by atoms with E-state index in [1.165, 1.54) is 36.4 Å². The summed E-state index contributed by atoms with van der Waals surface area (Å²) in [5.41, 5.74) is -2.44. The van der Waals surface area contributed by atoms with Crippen molar-refractivity contribution in [3.63, 3.8) is 0 Å². The van der Waals surface area contributed by atoms with Crippen LogP contribution < -0.4 is 5.11 Å². The first kappa shape index (κ1) is 16.4. The SMILES string of the molecule is O=C([O-])C(O)(c1ccc(Cl)c(Cl)c1)c1ccc(Cl)c(Cl)c1. The summed E-state index contributed by atoms with van der Waals surface area (Å²) in [6.07, 6.45) is 0. The average Bonchev–Trinajstić information content (AvgIpc) is 2.43. The average molecular weight is 365 g/mol. The van der Waals surface area contributed by atoms with Gasteiger partial charge in [-0.1, -0.05) is 58.5 Å². The molecule has 110 valence electrons. The first-order valence-corrected chi connectivity index (χ1v) is 7.13. The third-order valence-electron chi connectivity index (χ3n) is 2.97. The van der Waals surface area contributed by atoms with Gasteiger partial charge in [-0.3, -0.25) is 0 Å². The van der Waals surface area contributed by atoms with Crippen molar-refractivity contribution < 1.29 is 15.0 Å². The summed E-state index contributed by atoms with van der Waals surface area (Å²) in [7, 11) is 0. The van der Waals surface area contributed by atoms with Crippen molar-refractivity contribution in [3.05, 3.63) is 67.6 Å². The summed E-state index contributed by atoms with van der Waals surface area (Å²) >= 11 is 23.3. The van der Waals surface area contributed by atoms with Gasteiger partial charge < -0.3 is 15.0 Å². The molecule has 0 aliphatic carbocycles. The van der Waals surface area contributed by atoms with E-state index in [0.717, 1.165) is 0 Å². The lowest BCUT2D eigenvalue weighted by Crippen LogP contribution is -2.46. The Kier molecular flexibility index (Phi) is 4.71. The van der Waals surface area contributed by atoms with Gasteiger partial charge in [0.05, 0.1) is 26.1 Å². The van der Waals surface area contributed by atoms with Gasteiger partial charge in [0.15, 0.2) is 5.60 Å². The van der Waals surface area contributed by atoms with Crippen molar-refractivity contribution in [2.45, 2.75) is 5.60 Å². The minimum atomic E-state index is -2.43. The molecule has 1 N–H and O–H groups in total. The van der Waals surface area contributed by atoms with Crippen molar-refractivity contribution in [2.75, 3.05) is 0 Å². The second-order valence-electron chi connectivity index (χ2n) is 4.26. The van der Waals surface area contributed by atoms with Gasteiger partial charge in [-0.2, -0.15) is 0 Å². The molecule has 0 heterocycles. The van der Waals surface area contributed by atoms with Gasteiger partial charge >= 0.3 is 0 Å². The molecule has 0 unspecified atom stereocenters. The lowest BCUT2D eigenvalue weighted by atomic mass is 9.86. The molecule has 2 aromatic rings. The number of carbonyl (C=O) groups is 1. The number of carboxylic acids is 1. The Balaban J connectivity index is 2.67. The zero-order valence-electron chi connectivity index (χ0n) is 10.2. The number of carboxylic acid groups (broad SMARTS) is 1. The van der Waals surface area contributed by atoms with E-state index >= 15 is 0 Å². The molecule has 0 fully saturated rings. The van der Waals surface area contributed by atoms with E-state index in [9.17, 15) is 15.0 Å². The summed E-state index contributed by atoms with van der Waals surface area (Å²) in [6.45, 7) is 0. The molecule has 0 aliphatic heterocycles. The quantitative estimate of drug-likeness (QED) is 0.908. The van der Waals surface area contributed by atoms with Gasteiger partial charge in [0.25, 0.3) is 0 Å². The van der Waals surface area contributed by atoms with Crippen LogP contribution in [0.25, 0.3) is 0 Å². The molecule has 0 aliphatic rings. The summed E-state index contributed by atoms with van der Waals surface area (Å²) in [4.78, 5) is 11.5. The Hall–Kier alpha value is -0.970.